The second kappa shape index (κ2) is 4.91. The second-order valence-corrected chi connectivity index (χ2v) is 2.76. The van der Waals surface area contributed by atoms with Gasteiger partial charge in [-0.2, -0.15) is 0 Å². The highest BCUT2D eigenvalue weighted by Gasteiger charge is 1.88. The Bertz CT molecular complexity index is 300. The lowest BCUT2D eigenvalue weighted by Crippen LogP contribution is -2.18. The first-order valence-electron chi connectivity index (χ1n) is 3.61. The topological polar surface area (TPSA) is 38.9 Å². The summed E-state index contributed by atoms with van der Waals surface area (Å²) in [7, 11) is 0. The molecule has 0 saturated heterocycles. The highest BCUT2D eigenvalue weighted by atomic mass is 32.1. The van der Waals surface area contributed by atoms with Crippen LogP contribution in [0.25, 0.3) is 12.7 Å². The van der Waals surface area contributed by atoms with Crippen LogP contribution in [-0.2, 0) is 0 Å². The smallest absolute Gasteiger partial charge is 0.181 e. The lowest BCUT2D eigenvalue weighted by atomic mass is 10.5. The van der Waals surface area contributed by atoms with Crippen molar-refractivity contribution in [2.75, 3.05) is 5.73 Å². The maximum absolute atomic E-state index is 5.40. The molecule has 0 aromatic carbocycles. The number of nitrogen functional groups attached to an aromatic ring is 1. The maximum atomic E-state index is 5.40. The molecule has 1 aromatic heterocycles. The number of rotatable bonds is 0. The zero-order chi connectivity index (χ0) is 8.85. The second-order valence-electron chi connectivity index (χ2n) is 1.65. The number of aromatic nitrogens is 1. The average Bonchev–Trinajstić information content (AvgIpc) is 2.33. The summed E-state index contributed by atoms with van der Waals surface area (Å²) < 4.78 is 0.940. The zero-order valence-electron chi connectivity index (χ0n) is 7.22. The molecule has 0 amide bonds. The Morgan fingerprint density at radius 3 is 2.27 bits per heavy atom. The number of nitrogens with zero attached hydrogens (tertiary/aromatic N) is 1. The summed E-state index contributed by atoms with van der Waals surface area (Å²) in [5.74, 6) is 0. The molecule has 1 rings (SSSR count). The quantitative estimate of drug-likeness (QED) is 0.630. The molecule has 0 saturated carbocycles. The van der Waals surface area contributed by atoms with Crippen molar-refractivity contribution in [2.45, 2.75) is 20.8 Å². The maximum Gasteiger partial charge on any atom is 0.181 e. The zero-order valence-corrected chi connectivity index (χ0v) is 8.03. The minimum Gasteiger partial charge on any atom is -0.375 e. The molecule has 0 bridgehead atoms. The normalized spacial score (nSPS) is 10.6. The Hall–Kier alpha value is -0.830. The molecule has 2 N–H and O–H groups in total. The van der Waals surface area contributed by atoms with Gasteiger partial charge in [-0.25, -0.2) is 4.98 Å². The van der Waals surface area contributed by atoms with Gasteiger partial charge in [-0.1, -0.05) is 37.8 Å². The summed E-state index contributed by atoms with van der Waals surface area (Å²) in [5.41, 5.74) is 5.40. The predicted molar refractivity (Wildman–Crippen MR) is 52.8 cm³/mol. The summed E-state index contributed by atoms with van der Waals surface area (Å²) in [5, 5.41) is 1.49. The van der Waals surface area contributed by atoms with Crippen molar-refractivity contribution in [3.05, 3.63) is 9.88 Å². The van der Waals surface area contributed by atoms with Gasteiger partial charge in [0.05, 0.1) is 5.35 Å². The van der Waals surface area contributed by atoms with Crippen LogP contribution in [0.5, 0.6) is 0 Å². The lowest BCUT2D eigenvalue weighted by molar-refractivity contribution is 1.32. The first-order valence-corrected chi connectivity index (χ1v) is 4.43. The van der Waals surface area contributed by atoms with Gasteiger partial charge in [0.1, 0.15) is 0 Å². The van der Waals surface area contributed by atoms with Crippen LogP contribution in [0.3, 0.4) is 0 Å². The molecule has 0 aliphatic rings. The molecule has 0 aliphatic carbocycles. The molecule has 11 heavy (non-hydrogen) atoms. The first kappa shape index (κ1) is 10.2. The van der Waals surface area contributed by atoms with Gasteiger partial charge in [-0.15, -0.1) is 0 Å². The molecule has 0 atom stereocenters. The van der Waals surface area contributed by atoms with E-state index >= 15 is 0 Å². The van der Waals surface area contributed by atoms with Crippen LogP contribution < -0.4 is 15.6 Å². The molecule has 0 unspecified atom stereocenters. The van der Waals surface area contributed by atoms with E-state index in [1.165, 1.54) is 11.3 Å². The Morgan fingerprint density at radius 1 is 1.55 bits per heavy atom. The number of anilines is 1. The van der Waals surface area contributed by atoms with Crippen LogP contribution in [0.15, 0.2) is 0 Å². The van der Waals surface area contributed by atoms with E-state index < -0.39 is 0 Å². The fourth-order valence-corrected chi connectivity index (χ4v) is 1.27. The van der Waals surface area contributed by atoms with E-state index in [-0.39, 0.29) is 0 Å². The van der Waals surface area contributed by atoms with Gasteiger partial charge in [0.15, 0.2) is 5.13 Å². The van der Waals surface area contributed by atoms with Gasteiger partial charge >= 0.3 is 0 Å². The summed E-state index contributed by atoms with van der Waals surface area (Å²) in [4.78, 5) is 4.01. The van der Waals surface area contributed by atoms with Crippen molar-refractivity contribution in [3.8, 4) is 0 Å². The summed E-state index contributed by atoms with van der Waals surface area (Å²) in [6.45, 7) is 9.68. The number of hydrogen-bond donors (Lipinski definition) is 1. The molecule has 2 nitrogen and oxygen atoms in total. The predicted octanol–water partition coefficient (Wildman–Crippen LogP) is 0.962. The molecule has 3 heteroatoms. The third-order valence-corrected chi connectivity index (χ3v) is 1.77. The average molecular weight is 170 g/mol. The van der Waals surface area contributed by atoms with E-state index in [0.717, 1.165) is 9.88 Å². The van der Waals surface area contributed by atoms with Crippen molar-refractivity contribution in [1.82, 2.24) is 4.98 Å². The van der Waals surface area contributed by atoms with Gasteiger partial charge in [-0.05, 0) is 6.92 Å². The Morgan fingerprint density at radius 2 is 2.09 bits per heavy atom. The van der Waals surface area contributed by atoms with Crippen LogP contribution in [-0.4, -0.2) is 4.98 Å². The lowest BCUT2D eigenvalue weighted by Gasteiger charge is -1.69. The minimum atomic E-state index is 0.591. The molecule has 1 aromatic rings. The van der Waals surface area contributed by atoms with Gasteiger partial charge < -0.3 is 5.73 Å². The molecular weight excluding hydrogens is 156 g/mol. The largest absolute Gasteiger partial charge is 0.375 e. The monoisotopic (exact) mass is 170 g/mol. The van der Waals surface area contributed by atoms with E-state index in [0.29, 0.717) is 5.13 Å². The SMILES string of the molecule is C=c1sc(N)n/c1=C/C.CC. The van der Waals surface area contributed by atoms with Crippen molar-refractivity contribution in [3.63, 3.8) is 0 Å². The van der Waals surface area contributed by atoms with Gasteiger partial charge in [0.25, 0.3) is 0 Å². The third-order valence-electron chi connectivity index (χ3n) is 1.02. The Labute approximate surface area is 71.1 Å². The van der Waals surface area contributed by atoms with Gasteiger partial charge in [0, 0.05) is 4.53 Å². The molecular formula is C8H14N2S. The number of thiazole rings is 1. The summed E-state index contributed by atoms with van der Waals surface area (Å²) >= 11 is 1.42. The van der Waals surface area contributed by atoms with E-state index in [4.69, 9.17) is 5.73 Å². The van der Waals surface area contributed by atoms with E-state index in [2.05, 4.69) is 11.6 Å². The molecule has 0 fully saturated rings. The number of nitrogens with two attached hydrogens (primary N) is 1. The highest BCUT2D eigenvalue weighted by molar-refractivity contribution is 7.13. The van der Waals surface area contributed by atoms with E-state index in [1.807, 2.05) is 26.8 Å². The highest BCUT2D eigenvalue weighted by Crippen LogP contribution is 1.92. The fourth-order valence-electron chi connectivity index (χ4n) is 0.608. The van der Waals surface area contributed by atoms with Gasteiger partial charge in [-0.3, -0.25) is 0 Å². The molecule has 62 valence electrons. The fraction of sp³-hybridized carbons (Fsp3) is 0.375. The van der Waals surface area contributed by atoms with Crippen molar-refractivity contribution >= 4 is 29.1 Å². The minimum absolute atomic E-state index is 0.591. The third kappa shape index (κ3) is 2.72. The molecule has 0 spiro atoms. The summed E-state index contributed by atoms with van der Waals surface area (Å²) in [6.07, 6.45) is 1.90. The van der Waals surface area contributed by atoms with Crippen LogP contribution in [0.1, 0.15) is 20.8 Å². The van der Waals surface area contributed by atoms with Crippen molar-refractivity contribution in [2.24, 2.45) is 0 Å². The van der Waals surface area contributed by atoms with Crippen LogP contribution in [0.2, 0.25) is 0 Å². The van der Waals surface area contributed by atoms with Crippen LogP contribution >= 0.6 is 11.3 Å². The number of hydrogen-bond acceptors (Lipinski definition) is 3. The molecule has 0 radical (unpaired) electrons. The van der Waals surface area contributed by atoms with Crippen molar-refractivity contribution in [1.29, 1.82) is 0 Å². The van der Waals surface area contributed by atoms with E-state index in [1.54, 1.807) is 0 Å². The van der Waals surface area contributed by atoms with E-state index in [9.17, 15) is 0 Å². The first-order chi connectivity index (χ1) is 5.24. The van der Waals surface area contributed by atoms with Gasteiger partial charge in [0.2, 0.25) is 0 Å². The Kier molecular flexibility index (Phi) is 4.54. The molecule has 1 heterocycles. The molecule has 0 aliphatic heterocycles. The van der Waals surface area contributed by atoms with Crippen LogP contribution in [0, 0.1) is 0 Å². The Balaban J connectivity index is 0.000000461. The van der Waals surface area contributed by atoms with Crippen molar-refractivity contribution < 1.29 is 0 Å². The van der Waals surface area contributed by atoms with Crippen LogP contribution in [0.4, 0.5) is 5.13 Å². The summed E-state index contributed by atoms with van der Waals surface area (Å²) in [6, 6.07) is 0. The standard InChI is InChI=1S/C6H8N2S.C2H6/c1-3-5-4(2)9-6(7)8-5;1-2/h3H,2H2,1H3,(H2,7,8);1-2H3/b5-3+;.